The zero-order chi connectivity index (χ0) is 31.5. The zero-order valence-electron chi connectivity index (χ0n) is 25.8. The standard InChI is InChI=1S/C37H37N3O3S2.ClH/c1-36(2,44-25-32-23-38-27-39-32)35(42)40-33(34(41)43-24-28-15-7-3-8-16-28)26-45-37(29-17-9-4-10-18-29,30-19-11-5-12-20-30)31-21-13-6-14-22-31;/h3-23,27,33H,24-26H2,1-2H3,(H,38,39)(H,40,42);1H/t33-;/m0./s1. The van der Waals surface area contributed by atoms with Gasteiger partial charge in [-0.3, -0.25) is 4.79 Å². The van der Waals surface area contributed by atoms with E-state index in [2.05, 4.69) is 51.7 Å². The molecule has 238 valence electrons. The van der Waals surface area contributed by atoms with Crippen LogP contribution in [0.2, 0.25) is 0 Å². The fraction of sp³-hybridized carbons (Fsp3) is 0.216. The molecule has 2 N–H and O–H groups in total. The number of ether oxygens (including phenoxy) is 1. The van der Waals surface area contributed by atoms with Crippen molar-refractivity contribution in [3.63, 3.8) is 0 Å². The topological polar surface area (TPSA) is 84.1 Å². The van der Waals surface area contributed by atoms with Crippen molar-refractivity contribution in [1.29, 1.82) is 0 Å². The molecule has 1 heterocycles. The van der Waals surface area contributed by atoms with Crippen LogP contribution < -0.4 is 5.32 Å². The lowest BCUT2D eigenvalue weighted by atomic mass is 9.84. The van der Waals surface area contributed by atoms with Gasteiger partial charge in [-0.1, -0.05) is 121 Å². The molecule has 5 aromatic rings. The number of aromatic nitrogens is 2. The molecule has 0 unspecified atom stereocenters. The number of hydrogen-bond donors (Lipinski definition) is 2. The van der Waals surface area contributed by atoms with E-state index in [1.54, 1.807) is 24.3 Å². The molecule has 6 nitrogen and oxygen atoms in total. The van der Waals surface area contributed by atoms with Crippen LogP contribution in [0, 0.1) is 0 Å². The van der Waals surface area contributed by atoms with Crippen molar-refractivity contribution in [1.82, 2.24) is 15.3 Å². The van der Waals surface area contributed by atoms with Crippen LogP contribution in [-0.2, 0) is 31.4 Å². The van der Waals surface area contributed by atoms with E-state index in [1.807, 2.05) is 98.8 Å². The molecular formula is C37H38ClN3O3S2. The number of nitrogens with zero attached hydrogens (tertiary/aromatic N) is 1. The number of imidazole rings is 1. The number of carbonyl (C=O) groups excluding carboxylic acids is 2. The maximum absolute atomic E-state index is 13.8. The molecule has 1 atom stereocenters. The molecule has 0 aliphatic rings. The second-order valence-corrected chi connectivity index (χ2v) is 13.9. The number of hydrogen-bond acceptors (Lipinski definition) is 6. The van der Waals surface area contributed by atoms with Gasteiger partial charge in [0.2, 0.25) is 5.91 Å². The zero-order valence-corrected chi connectivity index (χ0v) is 28.2. The minimum absolute atomic E-state index is 0. The Hall–Kier alpha value is -3.98. The summed E-state index contributed by atoms with van der Waals surface area (Å²) in [5.74, 6) is 0.146. The molecule has 5 rings (SSSR count). The van der Waals surface area contributed by atoms with Crippen LogP contribution in [0.4, 0.5) is 0 Å². The van der Waals surface area contributed by atoms with Crippen LogP contribution in [0.1, 0.15) is 41.8 Å². The Bertz CT molecular complexity index is 1540. The Labute approximate surface area is 285 Å². The summed E-state index contributed by atoms with van der Waals surface area (Å²) in [7, 11) is 0. The fourth-order valence-corrected chi connectivity index (χ4v) is 7.40. The molecule has 9 heteroatoms. The van der Waals surface area contributed by atoms with Gasteiger partial charge in [0.15, 0.2) is 0 Å². The predicted molar refractivity (Wildman–Crippen MR) is 191 cm³/mol. The number of H-pyrrole nitrogens is 1. The van der Waals surface area contributed by atoms with Crippen LogP contribution >= 0.6 is 35.9 Å². The smallest absolute Gasteiger partial charge is 0.329 e. The fourth-order valence-electron chi connectivity index (χ4n) is 4.99. The number of nitrogens with one attached hydrogen (secondary N) is 2. The van der Waals surface area contributed by atoms with Gasteiger partial charge in [-0.05, 0) is 36.1 Å². The Kier molecular flexibility index (Phi) is 12.5. The highest BCUT2D eigenvalue weighted by atomic mass is 35.5. The Morgan fingerprint density at radius 2 is 1.28 bits per heavy atom. The molecule has 0 radical (unpaired) electrons. The lowest BCUT2D eigenvalue weighted by Gasteiger charge is -2.36. The molecular weight excluding hydrogens is 634 g/mol. The van der Waals surface area contributed by atoms with Crippen molar-refractivity contribution >= 4 is 47.8 Å². The summed E-state index contributed by atoms with van der Waals surface area (Å²) in [6, 6.07) is 39.5. The summed E-state index contributed by atoms with van der Waals surface area (Å²) in [5.41, 5.74) is 5.03. The average molecular weight is 672 g/mol. The van der Waals surface area contributed by atoms with Crippen molar-refractivity contribution in [2.75, 3.05) is 5.75 Å². The van der Waals surface area contributed by atoms with Gasteiger partial charge in [-0.15, -0.1) is 35.9 Å². The lowest BCUT2D eigenvalue weighted by molar-refractivity contribution is -0.148. The Morgan fingerprint density at radius 3 is 1.76 bits per heavy atom. The SMILES string of the molecule is CC(C)(SCc1cnc[nH]1)C(=O)N[C@@H](CSC(c1ccccc1)(c1ccccc1)c1ccccc1)C(=O)OCc1ccccc1.Cl. The summed E-state index contributed by atoms with van der Waals surface area (Å²) in [6.07, 6.45) is 3.37. The maximum atomic E-state index is 13.8. The minimum Gasteiger partial charge on any atom is -0.459 e. The van der Waals surface area contributed by atoms with Crippen molar-refractivity contribution in [3.8, 4) is 0 Å². The monoisotopic (exact) mass is 671 g/mol. The number of rotatable bonds is 14. The third-order valence-electron chi connectivity index (χ3n) is 7.51. The first-order valence-corrected chi connectivity index (χ1v) is 16.8. The van der Waals surface area contributed by atoms with Crippen LogP contribution in [0.3, 0.4) is 0 Å². The Morgan fingerprint density at radius 1 is 0.783 bits per heavy atom. The van der Waals surface area contributed by atoms with E-state index >= 15 is 0 Å². The molecule has 0 saturated carbocycles. The van der Waals surface area contributed by atoms with Gasteiger partial charge >= 0.3 is 5.97 Å². The van der Waals surface area contributed by atoms with Crippen LogP contribution in [0.5, 0.6) is 0 Å². The number of carbonyl (C=O) groups is 2. The van der Waals surface area contributed by atoms with E-state index in [4.69, 9.17) is 4.74 Å². The van der Waals surface area contributed by atoms with Gasteiger partial charge in [0.05, 0.1) is 15.8 Å². The van der Waals surface area contributed by atoms with Gasteiger partial charge in [0.1, 0.15) is 12.6 Å². The summed E-state index contributed by atoms with van der Waals surface area (Å²) in [6.45, 7) is 3.85. The number of aromatic amines is 1. The normalized spacial score (nSPS) is 12.0. The molecule has 0 spiro atoms. The van der Waals surface area contributed by atoms with E-state index in [0.29, 0.717) is 5.75 Å². The Balaban J connectivity index is 0.00000480. The van der Waals surface area contributed by atoms with Crippen molar-refractivity contribution in [2.45, 2.75) is 41.7 Å². The highest BCUT2D eigenvalue weighted by Gasteiger charge is 2.40. The molecule has 0 saturated heterocycles. The summed E-state index contributed by atoms with van der Waals surface area (Å²) < 4.78 is 4.35. The van der Waals surface area contributed by atoms with E-state index in [1.165, 1.54) is 11.8 Å². The third kappa shape index (κ3) is 8.63. The van der Waals surface area contributed by atoms with Crippen LogP contribution in [0.25, 0.3) is 0 Å². The highest BCUT2D eigenvalue weighted by molar-refractivity contribution is 8.01. The second-order valence-electron chi connectivity index (χ2n) is 11.1. The van der Waals surface area contributed by atoms with Crippen molar-refractivity contribution < 1.29 is 14.3 Å². The molecule has 0 bridgehead atoms. The first kappa shape index (κ1) is 34.9. The molecule has 46 heavy (non-hydrogen) atoms. The highest BCUT2D eigenvalue weighted by Crippen LogP contribution is 2.48. The first-order chi connectivity index (χ1) is 21.9. The molecule has 4 aromatic carbocycles. The van der Waals surface area contributed by atoms with Gasteiger partial charge in [-0.25, -0.2) is 9.78 Å². The number of amides is 1. The van der Waals surface area contributed by atoms with Crippen molar-refractivity contribution in [3.05, 3.63) is 162 Å². The predicted octanol–water partition coefficient (Wildman–Crippen LogP) is 7.80. The van der Waals surface area contributed by atoms with Gasteiger partial charge < -0.3 is 15.0 Å². The van der Waals surface area contributed by atoms with E-state index < -0.39 is 21.5 Å². The summed E-state index contributed by atoms with van der Waals surface area (Å²) in [4.78, 5) is 34.7. The molecule has 1 amide bonds. The van der Waals surface area contributed by atoms with E-state index in [0.717, 1.165) is 27.9 Å². The third-order valence-corrected chi connectivity index (χ3v) is 10.5. The van der Waals surface area contributed by atoms with Crippen LogP contribution in [0.15, 0.2) is 134 Å². The maximum Gasteiger partial charge on any atom is 0.329 e. The van der Waals surface area contributed by atoms with Gasteiger partial charge in [-0.2, -0.15) is 0 Å². The molecule has 0 aliphatic carbocycles. The number of halogens is 1. The summed E-state index contributed by atoms with van der Waals surface area (Å²) in [5, 5.41) is 3.07. The number of esters is 1. The lowest BCUT2D eigenvalue weighted by Crippen LogP contribution is -2.50. The van der Waals surface area contributed by atoms with E-state index in [9.17, 15) is 9.59 Å². The summed E-state index contributed by atoms with van der Waals surface area (Å²) >= 11 is 3.10. The molecule has 0 fully saturated rings. The molecule has 0 aliphatic heterocycles. The second kappa shape index (κ2) is 16.5. The quantitative estimate of drug-likeness (QED) is 0.0926. The van der Waals surface area contributed by atoms with Gasteiger partial charge in [0, 0.05) is 23.4 Å². The first-order valence-electron chi connectivity index (χ1n) is 14.8. The largest absolute Gasteiger partial charge is 0.459 e. The van der Waals surface area contributed by atoms with E-state index in [-0.39, 0.29) is 30.7 Å². The average Bonchev–Trinajstić information content (AvgIpc) is 3.62. The molecule has 1 aromatic heterocycles. The van der Waals surface area contributed by atoms with Crippen molar-refractivity contribution in [2.24, 2.45) is 0 Å². The minimum atomic E-state index is -0.895. The number of benzene rings is 4. The van der Waals surface area contributed by atoms with Gasteiger partial charge in [0.25, 0.3) is 0 Å². The number of thioether (sulfide) groups is 2. The van der Waals surface area contributed by atoms with Crippen LogP contribution in [-0.4, -0.2) is 38.4 Å².